The first kappa shape index (κ1) is 8.25. The average molecular weight is 149 g/mol. The first-order valence-electron chi connectivity index (χ1n) is 4.15. The van der Waals surface area contributed by atoms with Crippen LogP contribution in [-0.4, -0.2) is 12.3 Å². The Balaban J connectivity index is 2.80. The van der Waals surface area contributed by atoms with Gasteiger partial charge in [-0.2, -0.15) is 0 Å². The van der Waals surface area contributed by atoms with Crippen LogP contribution in [0.3, 0.4) is 0 Å². The topological polar surface area (TPSA) is 12.4 Å². The molecule has 0 amide bonds. The lowest BCUT2D eigenvalue weighted by Gasteiger charge is -2.01. The fraction of sp³-hybridized carbons (Fsp3) is 0.500. The summed E-state index contributed by atoms with van der Waals surface area (Å²) in [4.78, 5) is 4.36. The van der Waals surface area contributed by atoms with Crippen LogP contribution in [0, 0.1) is 0 Å². The van der Waals surface area contributed by atoms with Crippen molar-refractivity contribution in [3.63, 3.8) is 0 Å². The predicted molar refractivity (Wildman–Crippen MR) is 50.1 cm³/mol. The van der Waals surface area contributed by atoms with Gasteiger partial charge >= 0.3 is 0 Å². The fourth-order valence-electron chi connectivity index (χ4n) is 1.41. The van der Waals surface area contributed by atoms with Crippen LogP contribution in [0.5, 0.6) is 0 Å². The van der Waals surface area contributed by atoms with Gasteiger partial charge in [0.25, 0.3) is 0 Å². The first-order valence-corrected chi connectivity index (χ1v) is 4.15. The van der Waals surface area contributed by atoms with E-state index in [0.29, 0.717) is 0 Å². The van der Waals surface area contributed by atoms with Crippen LogP contribution in [0.2, 0.25) is 0 Å². The van der Waals surface area contributed by atoms with E-state index in [0.717, 1.165) is 13.0 Å². The lowest BCUT2D eigenvalue weighted by atomic mass is 10.0. The highest BCUT2D eigenvalue weighted by Gasteiger charge is 2.11. The highest BCUT2D eigenvalue weighted by Crippen LogP contribution is 2.20. The van der Waals surface area contributed by atoms with Crippen LogP contribution in [0.25, 0.3) is 0 Å². The van der Waals surface area contributed by atoms with Crippen molar-refractivity contribution in [3.05, 3.63) is 23.8 Å². The summed E-state index contributed by atoms with van der Waals surface area (Å²) in [5.74, 6) is 0. The largest absolute Gasteiger partial charge is 0.285 e. The second-order valence-electron chi connectivity index (χ2n) is 2.86. The Labute approximate surface area is 68.5 Å². The lowest BCUT2D eigenvalue weighted by molar-refractivity contribution is 0.931. The Kier molecular flexibility index (Phi) is 2.64. The second kappa shape index (κ2) is 3.51. The van der Waals surface area contributed by atoms with Gasteiger partial charge in [0.15, 0.2) is 0 Å². The zero-order valence-electron chi connectivity index (χ0n) is 7.35. The highest BCUT2D eigenvalue weighted by atomic mass is 14.8. The third-order valence-electron chi connectivity index (χ3n) is 2.06. The van der Waals surface area contributed by atoms with E-state index in [1.54, 1.807) is 0 Å². The first-order chi connectivity index (χ1) is 5.29. The molecule has 1 heteroatoms. The van der Waals surface area contributed by atoms with Gasteiger partial charge in [-0.15, -0.1) is 0 Å². The van der Waals surface area contributed by atoms with E-state index in [1.165, 1.54) is 23.3 Å². The van der Waals surface area contributed by atoms with Crippen LogP contribution in [0.15, 0.2) is 28.8 Å². The van der Waals surface area contributed by atoms with Gasteiger partial charge in [0, 0.05) is 5.71 Å². The zero-order valence-corrected chi connectivity index (χ0v) is 7.35. The quantitative estimate of drug-likeness (QED) is 0.585. The zero-order chi connectivity index (χ0) is 8.27. The van der Waals surface area contributed by atoms with E-state index in [9.17, 15) is 0 Å². The molecular formula is C10H15N. The molecule has 0 aliphatic carbocycles. The maximum absolute atomic E-state index is 4.36. The maximum atomic E-state index is 4.36. The molecule has 0 saturated carbocycles. The molecule has 0 unspecified atom stereocenters. The molecule has 60 valence electrons. The standard InChI is InChI=1S/C10H15N/c1-4-6-10-8(3)11-7-9(10)5-2/h5H,2,4,6-7H2,1,3H3. The molecule has 0 aromatic rings. The van der Waals surface area contributed by atoms with Crippen LogP contribution >= 0.6 is 0 Å². The minimum absolute atomic E-state index is 0.852. The van der Waals surface area contributed by atoms with Crippen molar-refractivity contribution in [2.24, 2.45) is 4.99 Å². The number of hydrogen-bond donors (Lipinski definition) is 0. The minimum atomic E-state index is 0.852. The molecule has 1 aliphatic heterocycles. The van der Waals surface area contributed by atoms with E-state index in [1.807, 2.05) is 6.08 Å². The van der Waals surface area contributed by atoms with Crippen molar-refractivity contribution < 1.29 is 0 Å². The van der Waals surface area contributed by atoms with Gasteiger partial charge in [-0.1, -0.05) is 26.0 Å². The van der Waals surface area contributed by atoms with Crippen molar-refractivity contribution >= 4 is 5.71 Å². The molecule has 1 rings (SSSR count). The molecule has 0 fully saturated rings. The van der Waals surface area contributed by atoms with E-state index in [2.05, 4.69) is 25.4 Å². The van der Waals surface area contributed by atoms with Gasteiger partial charge in [-0.25, -0.2) is 0 Å². The van der Waals surface area contributed by atoms with Crippen LogP contribution < -0.4 is 0 Å². The minimum Gasteiger partial charge on any atom is -0.285 e. The van der Waals surface area contributed by atoms with Crippen LogP contribution in [0.1, 0.15) is 26.7 Å². The number of aliphatic imine (C=N–C) groups is 1. The molecule has 0 saturated heterocycles. The molecular weight excluding hydrogens is 134 g/mol. The molecule has 0 spiro atoms. The summed E-state index contributed by atoms with van der Waals surface area (Å²) in [5.41, 5.74) is 3.95. The van der Waals surface area contributed by atoms with Gasteiger partial charge in [0.05, 0.1) is 6.54 Å². The number of nitrogens with zero attached hydrogens (tertiary/aromatic N) is 1. The van der Waals surface area contributed by atoms with Gasteiger partial charge in [-0.3, -0.25) is 4.99 Å². The molecule has 0 N–H and O–H groups in total. The smallest absolute Gasteiger partial charge is 0.0646 e. The molecule has 0 atom stereocenters. The van der Waals surface area contributed by atoms with Crippen LogP contribution in [-0.2, 0) is 0 Å². The summed E-state index contributed by atoms with van der Waals surface area (Å²) in [6.07, 6.45) is 4.28. The summed E-state index contributed by atoms with van der Waals surface area (Å²) in [5, 5.41) is 0. The molecule has 0 radical (unpaired) electrons. The normalized spacial score (nSPS) is 17.1. The highest BCUT2D eigenvalue weighted by molar-refractivity contribution is 6.01. The third kappa shape index (κ3) is 1.59. The summed E-state index contributed by atoms with van der Waals surface area (Å²) in [7, 11) is 0. The summed E-state index contributed by atoms with van der Waals surface area (Å²) >= 11 is 0. The van der Waals surface area contributed by atoms with Gasteiger partial charge < -0.3 is 0 Å². The molecule has 1 nitrogen and oxygen atoms in total. The maximum Gasteiger partial charge on any atom is 0.0646 e. The molecule has 1 aliphatic rings. The monoisotopic (exact) mass is 149 g/mol. The molecule has 1 heterocycles. The van der Waals surface area contributed by atoms with Gasteiger partial charge in [0.2, 0.25) is 0 Å². The Morgan fingerprint density at radius 1 is 1.64 bits per heavy atom. The average Bonchev–Trinajstić information content (AvgIpc) is 2.34. The van der Waals surface area contributed by atoms with E-state index < -0.39 is 0 Å². The van der Waals surface area contributed by atoms with E-state index in [-0.39, 0.29) is 0 Å². The summed E-state index contributed by atoms with van der Waals surface area (Å²) in [6.45, 7) is 8.91. The second-order valence-corrected chi connectivity index (χ2v) is 2.86. The molecule has 0 bridgehead atoms. The number of hydrogen-bond acceptors (Lipinski definition) is 1. The van der Waals surface area contributed by atoms with Crippen molar-refractivity contribution in [3.8, 4) is 0 Å². The Morgan fingerprint density at radius 2 is 2.36 bits per heavy atom. The molecule has 0 aromatic carbocycles. The molecule has 0 aromatic heterocycles. The van der Waals surface area contributed by atoms with Crippen LogP contribution in [0.4, 0.5) is 0 Å². The van der Waals surface area contributed by atoms with Gasteiger partial charge in [-0.05, 0) is 24.5 Å². The Morgan fingerprint density at radius 3 is 2.91 bits per heavy atom. The molecule has 11 heavy (non-hydrogen) atoms. The SMILES string of the molecule is C=CC1=C(CCC)C(C)=NC1. The van der Waals surface area contributed by atoms with E-state index >= 15 is 0 Å². The summed E-state index contributed by atoms with van der Waals surface area (Å²) in [6, 6.07) is 0. The Hall–Kier alpha value is -0.850. The van der Waals surface area contributed by atoms with Crippen molar-refractivity contribution in [2.45, 2.75) is 26.7 Å². The lowest BCUT2D eigenvalue weighted by Crippen LogP contribution is -1.94. The van der Waals surface area contributed by atoms with E-state index in [4.69, 9.17) is 0 Å². The van der Waals surface area contributed by atoms with Crippen molar-refractivity contribution in [1.29, 1.82) is 0 Å². The number of allylic oxidation sites excluding steroid dienone is 1. The van der Waals surface area contributed by atoms with Crippen molar-refractivity contribution in [1.82, 2.24) is 0 Å². The predicted octanol–water partition coefficient (Wildman–Crippen LogP) is 2.74. The van der Waals surface area contributed by atoms with Gasteiger partial charge in [0.1, 0.15) is 0 Å². The summed E-state index contributed by atoms with van der Waals surface area (Å²) < 4.78 is 0. The third-order valence-corrected chi connectivity index (χ3v) is 2.06. The Bertz CT molecular complexity index is 221. The fourth-order valence-corrected chi connectivity index (χ4v) is 1.41. The van der Waals surface area contributed by atoms with Crippen molar-refractivity contribution in [2.75, 3.05) is 6.54 Å². The number of rotatable bonds is 3.